The molecule has 27 heavy (non-hydrogen) atoms. The molecule has 0 aliphatic rings. The Kier molecular flexibility index (Phi) is 11.9. The van der Waals surface area contributed by atoms with Crippen molar-refractivity contribution in [3.63, 3.8) is 0 Å². The van der Waals surface area contributed by atoms with E-state index in [1.165, 1.54) is 108 Å². The van der Waals surface area contributed by atoms with Crippen LogP contribution >= 0.6 is 0 Å². The Balaban J connectivity index is 1.33. The number of hydrogen-bond donors (Lipinski definition) is 0. The summed E-state index contributed by atoms with van der Waals surface area (Å²) in [6.07, 6.45) is 22.6. The van der Waals surface area contributed by atoms with Gasteiger partial charge in [0.2, 0.25) is 0 Å². The number of aryl methyl sites for hydroxylation is 1. The number of fused-ring (bicyclic) bond motifs is 1. The highest BCUT2D eigenvalue weighted by atomic mass is 15.4. The van der Waals surface area contributed by atoms with E-state index >= 15 is 0 Å². The minimum absolute atomic E-state index is 0.999. The lowest BCUT2D eigenvalue weighted by molar-refractivity contribution is 0.509. The zero-order valence-corrected chi connectivity index (χ0v) is 17.7. The van der Waals surface area contributed by atoms with Crippen molar-refractivity contribution >= 4 is 11.0 Å². The Hall–Kier alpha value is -1.38. The summed E-state index contributed by atoms with van der Waals surface area (Å²) in [5, 5.41) is 8.49. The van der Waals surface area contributed by atoms with Crippen LogP contribution in [-0.4, -0.2) is 15.0 Å². The van der Waals surface area contributed by atoms with E-state index in [4.69, 9.17) is 0 Å². The lowest BCUT2D eigenvalue weighted by Gasteiger charge is -2.04. The fourth-order valence-electron chi connectivity index (χ4n) is 3.89. The van der Waals surface area contributed by atoms with Gasteiger partial charge < -0.3 is 0 Å². The average molecular weight is 372 g/mol. The van der Waals surface area contributed by atoms with E-state index in [-0.39, 0.29) is 0 Å². The number of rotatable bonds is 17. The van der Waals surface area contributed by atoms with Gasteiger partial charge >= 0.3 is 0 Å². The van der Waals surface area contributed by atoms with Crippen molar-refractivity contribution in [1.29, 1.82) is 0 Å². The van der Waals surface area contributed by atoms with Gasteiger partial charge in [-0.15, -0.1) is 5.10 Å². The highest BCUT2D eigenvalue weighted by molar-refractivity contribution is 5.73. The monoisotopic (exact) mass is 371 g/mol. The van der Waals surface area contributed by atoms with Gasteiger partial charge in [-0.25, -0.2) is 4.68 Å². The van der Waals surface area contributed by atoms with Gasteiger partial charge in [0.05, 0.1) is 5.52 Å². The highest BCUT2D eigenvalue weighted by Crippen LogP contribution is 2.15. The van der Waals surface area contributed by atoms with E-state index in [1.807, 2.05) is 12.1 Å². The van der Waals surface area contributed by atoms with Crippen LogP contribution in [0.3, 0.4) is 0 Å². The van der Waals surface area contributed by atoms with Gasteiger partial charge in [-0.3, -0.25) is 0 Å². The van der Waals surface area contributed by atoms with Gasteiger partial charge in [0.15, 0.2) is 0 Å². The number of para-hydroxylation sites is 1. The lowest BCUT2D eigenvalue weighted by atomic mass is 10.0. The topological polar surface area (TPSA) is 30.7 Å². The summed E-state index contributed by atoms with van der Waals surface area (Å²) in [6.45, 7) is 3.29. The lowest BCUT2D eigenvalue weighted by Crippen LogP contribution is -2.00. The largest absolute Gasteiger partial charge is 0.245 e. The number of hydrogen-bond acceptors (Lipinski definition) is 2. The van der Waals surface area contributed by atoms with Crippen LogP contribution in [0.15, 0.2) is 24.3 Å². The number of benzene rings is 1. The molecule has 0 saturated heterocycles. The third-order valence-electron chi connectivity index (χ3n) is 5.64. The molecule has 0 spiro atoms. The molecular weight excluding hydrogens is 330 g/mol. The van der Waals surface area contributed by atoms with E-state index < -0.39 is 0 Å². The number of nitrogens with zero attached hydrogens (tertiary/aromatic N) is 3. The van der Waals surface area contributed by atoms with Crippen LogP contribution in [0.25, 0.3) is 11.0 Å². The first-order valence-electron chi connectivity index (χ1n) is 11.7. The summed E-state index contributed by atoms with van der Waals surface area (Å²) in [5.74, 6) is 0. The Labute approximate surface area is 166 Å². The maximum absolute atomic E-state index is 4.27. The molecule has 0 saturated carbocycles. The second-order valence-electron chi connectivity index (χ2n) is 8.10. The van der Waals surface area contributed by atoms with E-state index in [9.17, 15) is 0 Å². The summed E-state index contributed by atoms with van der Waals surface area (Å²) in [6, 6.07) is 8.24. The predicted molar refractivity (Wildman–Crippen MR) is 117 cm³/mol. The quantitative estimate of drug-likeness (QED) is 0.267. The van der Waals surface area contributed by atoms with Crippen molar-refractivity contribution in [1.82, 2.24) is 15.0 Å². The van der Waals surface area contributed by atoms with Gasteiger partial charge in [-0.2, -0.15) is 0 Å². The Morgan fingerprint density at radius 2 is 1.11 bits per heavy atom. The number of unbranched alkanes of at least 4 members (excludes halogenated alkanes) is 15. The molecule has 152 valence electrons. The molecule has 0 atom stereocenters. The molecule has 1 aromatic carbocycles. The fourth-order valence-corrected chi connectivity index (χ4v) is 3.89. The van der Waals surface area contributed by atoms with Crippen molar-refractivity contribution in [2.75, 3.05) is 0 Å². The summed E-state index contributed by atoms with van der Waals surface area (Å²) in [4.78, 5) is 0. The first kappa shape index (κ1) is 21.9. The molecule has 0 aliphatic carbocycles. The third kappa shape index (κ3) is 9.39. The van der Waals surface area contributed by atoms with Crippen LogP contribution < -0.4 is 0 Å². The SMILES string of the molecule is CCCCCCCCCCCCCCCCCCn1nnc2ccccc21. The molecule has 0 amide bonds. The minimum atomic E-state index is 0.999. The molecule has 0 bridgehead atoms. The Morgan fingerprint density at radius 1 is 0.630 bits per heavy atom. The zero-order valence-electron chi connectivity index (χ0n) is 17.7. The predicted octanol–water partition coefficient (Wildman–Crippen LogP) is 7.69. The molecule has 1 aromatic heterocycles. The molecule has 0 unspecified atom stereocenters. The molecule has 1 heterocycles. The van der Waals surface area contributed by atoms with Crippen molar-refractivity contribution in [2.24, 2.45) is 0 Å². The minimum Gasteiger partial charge on any atom is -0.245 e. The van der Waals surface area contributed by atoms with Crippen LogP contribution in [0, 0.1) is 0 Å². The molecule has 2 rings (SSSR count). The van der Waals surface area contributed by atoms with Crippen molar-refractivity contribution in [2.45, 2.75) is 116 Å². The first-order chi connectivity index (χ1) is 13.4. The summed E-state index contributed by atoms with van der Waals surface area (Å²) < 4.78 is 2.05. The summed E-state index contributed by atoms with van der Waals surface area (Å²) in [5.41, 5.74) is 2.17. The van der Waals surface area contributed by atoms with Crippen LogP contribution in [0.2, 0.25) is 0 Å². The maximum atomic E-state index is 4.27. The van der Waals surface area contributed by atoms with Crippen LogP contribution in [0.5, 0.6) is 0 Å². The van der Waals surface area contributed by atoms with Crippen molar-refractivity contribution < 1.29 is 0 Å². The second kappa shape index (κ2) is 14.6. The first-order valence-corrected chi connectivity index (χ1v) is 11.7. The second-order valence-corrected chi connectivity index (χ2v) is 8.10. The van der Waals surface area contributed by atoms with Gasteiger partial charge in [-0.1, -0.05) is 121 Å². The smallest absolute Gasteiger partial charge is 0.113 e. The molecule has 2 aromatic rings. The molecule has 3 heteroatoms. The average Bonchev–Trinajstić information content (AvgIpc) is 3.11. The van der Waals surface area contributed by atoms with Crippen molar-refractivity contribution in [3.05, 3.63) is 24.3 Å². The van der Waals surface area contributed by atoms with Gasteiger partial charge in [0.1, 0.15) is 5.52 Å². The Morgan fingerprint density at radius 3 is 1.67 bits per heavy atom. The highest BCUT2D eigenvalue weighted by Gasteiger charge is 2.02. The van der Waals surface area contributed by atoms with Gasteiger partial charge in [0, 0.05) is 6.54 Å². The standard InChI is InChI=1S/C24H41N3/c1-2-3-4-5-6-7-8-9-10-11-12-13-14-15-16-19-22-27-24-21-18-17-20-23(24)25-26-27/h17-18,20-21H,2-16,19,22H2,1H3. The molecule has 0 radical (unpaired) electrons. The van der Waals surface area contributed by atoms with E-state index in [1.54, 1.807) is 0 Å². The Bertz CT molecular complexity index is 590. The number of aromatic nitrogens is 3. The van der Waals surface area contributed by atoms with Crippen molar-refractivity contribution in [3.8, 4) is 0 Å². The molecule has 0 aliphatic heterocycles. The van der Waals surface area contributed by atoms with Gasteiger partial charge in [-0.05, 0) is 18.6 Å². The molecule has 0 N–H and O–H groups in total. The summed E-state index contributed by atoms with van der Waals surface area (Å²) >= 11 is 0. The molecule has 3 nitrogen and oxygen atoms in total. The summed E-state index contributed by atoms with van der Waals surface area (Å²) in [7, 11) is 0. The van der Waals surface area contributed by atoms with Crippen LogP contribution in [-0.2, 0) is 6.54 Å². The zero-order chi connectivity index (χ0) is 19.0. The van der Waals surface area contributed by atoms with E-state index in [0.29, 0.717) is 0 Å². The van der Waals surface area contributed by atoms with Crippen LogP contribution in [0.4, 0.5) is 0 Å². The van der Waals surface area contributed by atoms with Gasteiger partial charge in [0.25, 0.3) is 0 Å². The molecular formula is C24H41N3. The fraction of sp³-hybridized carbons (Fsp3) is 0.750. The van der Waals surface area contributed by atoms with Crippen LogP contribution in [0.1, 0.15) is 110 Å². The van der Waals surface area contributed by atoms with E-state index in [2.05, 4.69) is 34.1 Å². The normalized spacial score (nSPS) is 11.4. The molecule has 0 fully saturated rings. The maximum Gasteiger partial charge on any atom is 0.113 e. The van der Waals surface area contributed by atoms with E-state index in [0.717, 1.165) is 12.1 Å². The third-order valence-corrected chi connectivity index (χ3v) is 5.64.